The van der Waals surface area contributed by atoms with Gasteiger partial charge in [0.05, 0.1) is 0 Å². The van der Waals surface area contributed by atoms with E-state index in [4.69, 9.17) is 0 Å². The molecule has 5 heteroatoms. The second-order valence-corrected chi connectivity index (χ2v) is 4.48. The molecule has 78 valence electrons. The number of hydrogen-bond donors (Lipinski definition) is 2. The van der Waals surface area contributed by atoms with Crippen molar-refractivity contribution in [2.75, 3.05) is 24.6 Å². The maximum atomic E-state index is 11.0. The quantitative estimate of drug-likeness (QED) is 0.663. The van der Waals surface area contributed by atoms with Crippen LogP contribution in [0.3, 0.4) is 0 Å². The van der Waals surface area contributed by atoms with E-state index in [2.05, 4.69) is 10.6 Å². The highest BCUT2D eigenvalue weighted by Gasteiger charge is 1.99. The largest absolute Gasteiger partial charge is 0.338 e. The molecular weight excluding hydrogens is 188 g/mol. The van der Waals surface area contributed by atoms with Crippen LogP contribution in [0.25, 0.3) is 0 Å². The molecule has 0 rings (SSSR count). The summed E-state index contributed by atoms with van der Waals surface area (Å²) in [6.45, 7) is 5.03. The van der Waals surface area contributed by atoms with Crippen molar-refractivity contribution in [2.24, 2.45) is 0 Å². The topological polar surface area (TPSA) is 58.2 Å². The highest BCUT2D eigenvalue weighted by atomic mass is 32.2. The highest BCUT2D eigenvalue weighted by Crippen LogP contribution is 1.79. The molecule has 0 aliphatic rings. The summed E-state index contributed by atoms with van der Waals surface area (Å²) in [6.07, 6.45) is 0.925. The molecule has 2 amide bonds. The summed E-state index contributed by atoms with van der Waals surface area (Å²) in [6, 6.07) is -0.171. The van der Waals surface area contributed by atoms with Crippen molar-refractivity contribution in [3.8, 4) is 0 Å². The van der Waals surface area contributed by atoms with Crippen molar-refractivity contribution in [1.29, 1.82) is 0 Å². The molecule has 0 aromatic carbocycles. The van der Waals surface area contributed by atoms with Crippen LogP contribution in [0, 0.1) is 0 Å². The van der Waals surface area contributed by atoms with Crippen LogP contribution in [0.2, 0.25) is 0 Å². The maximum absolute atomic E-state index is 11.0. The van der Waals surface area contributed by atoms with Crippen LogP contribution in [0.5, 0.6) is 0 Å². The Kier molecular flexibility index (Phi) is 7.68. The lowest BCUT2D eigenvalue weighted by Crippen LogP contribution is -2.37. The summed E-state index contributed by atoms with van der Waals surface area (Å²) < 4.78 is 10.9. The molecule has 0 bridgehead atoms. The first kappa shape index (κ1) is 12.4. The normalized spacial score (nSPS) is 12.2. The zero-order valence-electron chi connectivity index (χ0n) is 8.26. The number of rotatable bonds is 6. The van der Waals surface area contributed by atoms with E-state index in [0.29, 0.717) is 24.6 Å². The fourth-order valence-corrected chi connectivity index (χ4v) is 1.34. The van der Waals surface area contributed by atoms with E-state index in [1.54, 1.807) is 0 Å². The predicted octanol–water partition coefficient (Wildman–Crippen LogP) is 0.464. The van der Waals surface area contributed by atoms with Gasteiger partial charge in [-0.15, -0.1) is 0 Å². The SMILES string of the molecule is CCCNC(=O)NCCS(=O)CC. The Morgan fingerprint density at radius 2 is 1.85 bits per heavy atom. The summed E-state index contributed by atoms with van der Waals surface area (Å²) >= 11 is 0. The Bertz CT molecular complexity index is 174. The van der Waals surface area contributed by atoms with Gasteiger partial charge in [-0.2, -0.15) is 0 Å². The van der Waals surface area contributed by atoms with Gasteiger partial charge in [0.1, 0.15) is 0 Å². The van der Waals surface area contributed by atoms with Crippen LogP contribution < -0.4 is 10.6 Å². The Hall–Kier alpha value is -0.580. The molecule has 0 radical (unpaired) electrons. The third-order valence-corrected chi connectivity index (χ3v) is 2.78. The first-order valence-electron chi connectivity index (χ1n) is 4.57. The molecule has 4 nitrogen and oxygen atoms in total. The van der Waals surface area contributed by atoms with E-state index in [-0.39, 0.29) is 6.03 Å². The van der Waals surface area contributed by atoms with Gasteiger partial charge in [0.15, 0.2) is 0 Å². The molecule has 0 saturated carbocycles. The van der Waals surface area contributed by atoms with Crippen LogP contribution in [-0.4, -0.2) is 34.8 Å². The highest BCUT2D eigenvalue weighted by molar-refractivity contribution is 7.84. The standard InChI is InChI=1S/C8H18N2O2S/c1-3-5-9-8(11)10-6-7-13(12)4-2/h3-7H2,1-2H3,(H2,9,10,11). The summed E-state index contributed by atoms with van der Waals surface area (Å²) in [5, 5.41) is 5.31. The smallest absolute Gasteiger partial charge is 0.314 e. The van der Waals surface area contributed by atoms with Crippen LogP contribution in [0.15, 0.2) is 0 Å². The molecule has 0 heterocycles. The monoisotopic (exact) mass is 206 g/mol. The van der Waals surface area contributed by atoms with E-state index in [1.165, 1.54) is 0 Å². The molecule has 0 aliphatic heterocycles. The van der Waals surface area contributed by atoms with Crippen LogP contribution >= 0.6 is 0 Å². The minimum absolute atomic E-state index is 0.171. The molecule has 1 atom stereocenters. The fourth-order valence-electron chi connectivity index (χ4n) is 0.724. The molecule has 0 fully saturated rings. The van der Waals surface area contributed by atoms with Gasteiger partial charge in [-0.3, -0.25) is 4.21 Å². The van der Waals surface area contributed by atoms with Gasteiger partial charge in [0.25, 0.3) is 0 Å². The van der Waals surface area contributed by atoms with E-state index in [9.17, 15) is 9.00 Å². The average molecular weight is 206 g/mol. The number of amides is 2. The first-order chi connectivity index (χ1) is 6.20. The molecular formula is C8H18N2O2S. The zero-order valence-corrected chi connectivity index (χ0v) is 9.08. The minimum Gasteiger partial charge on any atom is -0.338 e. The van der Waals surface area contributed by atoms with Gasteiger partial charge >= 0.3 is 6.03 Å². The molecule has 0 saturated heterocycles. The number of nitrogens with one attached hydrogen (secondary N) is 2. The molecule has 0 aromatic rings. The van der Waals surface area contributed by atoms with Gasteiger partial charge in [-0.25, -0.2) is 4.79 Å². The second-order valence-electron chi connectivity index (χ2n) is 2.62. The van der Waals surface area contributed by atoms with Crippen molar-refractivity contribution in [1.82, 2.24) is 10.6 Å². The van der Waals surface area contributed by atoms with Crippen molar-refractivity contribution >= 4 is 16.8 Å². The average Bonchev–Trinajstić information content (AvgIpc) is 2.14. The molecule has 2 N–H and O–H groups in total. The lowest BCUT2D eigenvalue weighted by molar-refractivity contribution is 0.241. The van der Waals surface area contributed by atoms with Crippen LogP contribution in [0.4, 0.5) is 4.79 Å². The number of carbonyl (C=O) groups is 1. The first-order valence-corrected chi connectivity index (χ1v) is 6.06. The van der Waals surface area contributed by atoms with Crippen molar-refractivity contribution < 1.29 is 9.00 Å². The second kappa shape index (κ2) is 8.04. The summed E-state index contributed by atoms with van der Waals surface area (Å²) in [5.41, 5.74) is 0. The van der Waals surface area contributed by atoms with Gasteiger partial charge in [-0.1, -0.05) is 13.8 Å². The van der Waals surface area contributed by atoms with Crippen molar-refractivity contribution in [3.05, 3.63) is 0 Å². The number of carbonyl (C=O) groups excluding carboxylic acids is 1. The minimum atomic E-state index is -0.792. The lowest BCUT2D eigenvalue weighted by Gasteiger charge is -2.05. The van der Waals surface area contributed by atoms with Crippen molar-refractivity contribution in [2.45, 2.75) is 20.3 Å². The summed E-state index contributed by atoms with van der Waals surface area (Å²) in [7, 11) is -0.792. The Morgan fingerprint density at radius 1 is 1.23 bits per heavy atom. The zero-order chi connectivity index (χ0) is 10.1. The number of hydrogen-bond acceptors (Lipinski definition) is 2. The summed E-state index contributed by atoms with van der Waals surface area (Å²) in [5.74, 6) is 1.19. The molecule has 1 unspecified atom stereocenters. The lowest BCUT2D eigenvalue weighted by atomic mass is 10.5. The van der Waals surface area contributed by atoms with E-state index < -0.39 is 10.8 Å². The Balaban J connectivity index is 3.31. The maximum Gasteiger partial charge on any atom is 0.314 e. The number of urea groups is 1. The van der Waals surface area contributed by atoms with Crippen LogP contribution in [0.1, 0.15) is 20.3 Å². The Labute approximate surface area is 81.9 Å². The van der Waals surface area contributed by atoms with Gasteiger partial charge in [0.2, 0.25) is 0 Å². The molecule has 0 spiro atoms. The van der Waals surface area contributed by atoms with Crippen molar-refractivity contribution in [3.63, 3.8) is 0 Å². The van der Waals surface area contributed by atoms with Gasteiger partial charge in [0, 0.05) is 35.4 Å². The van der Waals surface area contributed by atoms with E-state index in [1.807, 2.05) is 13.8 Å². The van der Waals surface area contributed by atoms with Gasteiger partial charge < -0.3 is 10.6 Å². The molecule has 0 aromatic heterocycles. The third kappa shape index (κ3) is 7.77. The summed E-state index contributed by atoms with van der Waals surface area (Å²) in [4.78, 5) is 11.0. The van der Waals surface area contributed by atoms with E-state index in [0.717, 1.165) is 6.42 Å². The third-order valence-electron chi connectivity index (χ3n) is 1.47. The molecule has 13 heavy (non-hydrogen) atoms. The van der Waals surface area contributed by atoms with Crippen LogP contribution in [-0.2, 0) is 10.8 Å². The Morgan fingerprint density at radius 3 is 2.38 bits per heavy atom. The van der Waals surface area contributed by atoms with E-state index >= 15 is 0 Å². The predicted molar refractivity (Wildman–Crippen MR) is 55.2 cm³/mol. The van der Waals surface area contributed by atoms with Gasteiger partial charge in [-0.05, 0) is 6.42 Å². The molecule has 0 aliphatic carbocycles. The fraction of sp³-hybridized carbons (Fsp3) is 0.875.